The molecule has 0 bridgehead atoms. The molecule has 110 valence electrons. The Hall–Kier alpha value is -1.66. The fourth-order valence-electron chi connectivity index (χ4n) is 1.80. The number of nitrogens with one attached hydrogen (secondary N) is 1. The largest absolute Gasteiger partial charge is 0.325 e. The highest BCUT2D eigenvalue weighted by Gasteiger charge is 2.19. The minimum Gasteiger partial charge on any atom is -0.325 e. The van der Waals surface area contributed by atoms with E-state index in [1.807, 2.05) is 6.92 Å². The predicted molar refractivity (Wildman–Crippen MR) is 86.0 cm³/mol. The number of sulfone groups is 1. The number of benzene rings is 2. The molecule has 0 aliphatic rings. The van der Waals surface area contributed by atoms with Crippen LogP contribution in [-0.2, 0) is 14.6 Å². The molecule has 0 aliphatic heterocycles. The van der Waals surface area contributed by atoms with Gasteiger partial charge >= 0.3 is 0 Å². The molecule has 21 heavy (non-hydrogen) atoms. The van der Waals surface area contributed by atoms with Crippen molar-refractivity contribution in [2.75, 3.05) is 11.1 Å². The van der Waals surface area contributed by atoms with Crippen molar-refractivity contribution in [3.8, 4) is 0 Å². The van der Waals surface area contributed by atoms with Crippen LogP contribution in [0, 0.1) is 6.92 Å². The SMILES string of the molecule is Cc1cc(NC(=O)CS(=O)(=O)c2ccccc2)ccc1Br. The van der Waals surface area contributed by atoms with Crippen molar-refractivity contribution in [1.29, 1.82) is 0 Å². The fourth-order valence-corrected chi connectivity index (χ4v) is 3.21. The Labute approximate surface area is 132 Å². The number of carbonyl (C=O) groups excluding carboxylic acids is 1. The highest BCUT2D eigenvalue weighted by atomic mass is 79.9. The number of aryl methyl sites for hydroxylation is 1. The van der Waals surface area contributed by atoms with Crippen LogP contribution in [0.3, 0.4) is 0 Å². The lowest BCUT2D eigenvalue weighted by Crippen LogP contribution is -2.23. The van der Waals surface area contributed by atoms with Gasteiger partial charge in [-0.05, 0) is 42.8 Å². The van der Waals surface area contributed by atoms with Gasteiger partial charge in [-0.15, -0.1) is 0 Å². The summed E-state index contributed by atoms with van der Waals surface area (Å²) in [4.78, 5) is 12.0. The molecule has 0 aliphatic carbocycles. The molecular weight excluding hydrogens is 354 g/mol. The third-order valence-corrected chi connectivity index (χ3v) is 5.39. The van der Waals surface area contributed by atoms with E-state index >= 15 is 0 Å². The van der Waals surface area contributed by atoms with Crippen LogP contribution >= 0.6 is 15.9 Å². The van der Waals surface area contributed by atoms with Crippen LogP contribution in [0.2, 0.25) is 0 Å². The van der Waals surface area contributed by atoms with Gasteiger partial charge < -0.3 is 5.32 Å². The van der Waals surface area contributed by atoms with Crippen LogP contribution in [0.1, 0.15) is 5.56 Å². The fraction of sp³-hybridized carbons (Fsp3) is 0.133. The summed E-state index contributed by atoms with van der Waals surface area (Å²) >= 11 is 3.37. The molecule has 1 amide bonds. The van der Waals surface area contributed by atoms with Gasteiger partial charge in [0.25, 0.3) is 0 Å². The van der Waals surface area contributed by atoms with Crippen molar-refractivity contribution in [1.82, 2.24) is 0 Å². The van der Waals surface area contributed by atoms with E-state index in [0.717, 1.165) is 10.0 Å². The van der Waals surface area contributed by atoms with Crippen LogP contribution in [0.4, 0.5) is 5.69 Å². The molecule has 0 saturated carbocycles. The van der Waals surface area contributed by atoms with Crippen molar-refractivity contribution < 1.29 is 13.2 Å². The lowest BCUT2D eigenvalue weighted by atomic mass is 10.2. The van der Waals surface area contributed by atoms with E-state index in [9.17, 15) is 13.2 Å². The van der Waals surface area contributed by atoms with Crippen LogP contribution in [0.15, 0.2) is 57.9 Å². The first-order valence-electron chi connectivity index (χ1n) is 6.22. The van der Waals surface area contributed by atoms with Crippen molar-refractivity contribution >= 4 is 37.4 Å². The maximum atomic E-state index is 12.1. The van der Waals surface area contributed by atoms with Crippen LogP contribution in [-0.4, -0.2) is 20.1 Å². The van der Waals surface area contributed by atoms with E-state index in [1.165, 1.54) is 12.1 Å². The number of halogens is 1. The summed E-state index contributed by atoms with van der Waals surface area (Å²) in [6.07, 6.45) is 0. The minimum absolute atomic E-state index is 0.145. The summed E-state index contributed by atoms with van der Waals surface area (Å²) in [5.74, 6) is -1.13. The van der Waals surface area contributed by atoms with Gasteiger partial charge in [0, 0.05) is 10.2 Å². The van der Waals surface area contributed by atoms with Gasteiger partial charge in [0.1, 0.15) is 5.75 Å². The number of rotatable bonds is 4. The smallest absolute Gasteiger partial charge is 0.239 e. The van der Waals surface area contributed by atoms with Crippen molar-refractivity contribution in [3.05, 3.63) is 58.6 Å². The summed E-state index contributed by atoms with van der Waals surface area (Å²) in [6, 6.07) is 13.2. The third-order valence-electron chi connectivity index (χ3n) is 2.87. The van der Waals surface area contributed by atoms with Gasteiger partial charge in [-0.25, -0.2) is 8.42 Å². The van der Waals surface area contributed by atoms with Crippen molar-refractivity contribution in [3.63, 3.8) is 0 Å². The van der Waals surface area contributed by atoms with Crippen LogP contribution < -0.4 is 5.32 Å². The molecule has 0 heterocycles. The molecule has 0 saturated heterocycles. The molecular formula is C15H14BrNO3S. The molecule has 0 spiro atoms. The molecule has 2 aromatic rings. The Kier molecular flexibility index (Phi) is 4.80. The molecule has 2 rings (SSSR count). The average Bonchev–Trinajstić information content (AvgIpc) is 2.43. The van der Waals surface area contributed by atoms with E-state index in [0.29, 0.717) is 5.69 Å². The molecule has 0 radical (unpaired) electrons. The van der Waals surface area contributed by atoms with E-state index < -0.39 is 21.5 Å². The average molecular weight is 368 g/mol. The molecule has 0 unspecified atom stereocenters. The van der Waals surface area contributed by atoms with E-state index in [-0.39, 0.29) is 4.90 Å². The topological polar surface area (TPSA) is 63.2 Å². The summed E-state index contributed by atoms with van der Waals surface area (Å²) in [7, 11) is -3.62. The van der Waals surface area contributed by atoms with E-state index in [1.54, 1.807) is 36.4 Å². The maximum absolute atomic E-state index is 12.1. The zero-order valence-corrected chi connectivity index (χ0v) is 13.7. The number of amides is 1. The molecule has 0 aromatic heterocycles. The molecule has 6 heteroatoms. The molecule has 1 N–H and O–H groups in total. The maximum Gasteiger partial charge on any atom is 0.239 e. The number of hydrogen-bond acceptors (Lipinski definition) is 3. The standard InChI is InChI=1S/C15H14BrNO3S/c1-11-9-12(7-8-14(11)16)17-15(18)10-21(19,20)13-5-3-2-4-6-13/h2-9H,10H2,1H3,(H,17,18). The van der Waals surface area contributed by atoms with Gasteiger partial charge in [-0.2, -0.15) is 0 Å². The molecule has 2 aromatic carbocycles. The quantitative estimate of drug-likeness (QED) is 0.902. The second-order valence-corrected chi connectivity index (χ2v) is 7.43. The van der Waals surface area contributed by atoms with Crippen LogP contribution in [0.5, 0.6) is 0 Å². The third kappa shape index (κ3) is 4.15. The lowest BCUT2D eigenvalue weighted by molar-refractivity contribution is -0.113. The Morgan fingerprint density at radius 1 is 1.14 bits per heavy atom. The predicted octanol–water partition coefficient (Wildman–Crippen LogP) is 3.17. The minimum atomic E-state index is -3.62. The zero-order valence-electron chi connectivity index (χ0n) is 11.3. The lowest BCUT2D eigenvalue weighted by Gasteiger charge is -2.08. The summed E-state index contributed by atoms with van der Waals surface area (Å²) in [5, 5.41) is 2.60. The summed E-state index contributed by atoms with van der Waals surface area (Å²) in [6.45, 7) is 1.89. The van der Waals surface area contributed by atoms with E-state index in [2.05, 4.69) is 21.2 Å². The van der Waals surface area contributed by atoms with Gasteiger partial charge in [0.15, 0.2) is 9.84 Å². The summed E-state index contributed by atoms with van der Waals surface area (Å²) in [5.41, 5.74) is 1.53. The Balaban J connectivity index is 2.10. The first-order valence-corrected chi connectivity index (χ1v) is 8.67. The monoisotopic (exact) mass is 367 g/mol. The zero-order chi connectivity index (χ0) is 15.5. The number of carbonyl (C=O) groups is 1. The van der Waals surface area contributed by atoms with E-state index in [4.69, 9.17) is 0 Å². The first kappa shape index (κ1) is 15.7. The molecule has 0 fully saturated rings. The van der Waals surface area contributed by atoms with Crippen LogP contribution in [0.25, 0.3) is 0 Å². The Morgan fingerprint density at radius 2 is 1.81 bits per heavy atom. The normalized spacial score (nSPS) is 11.1. The van der Waals surface area contributed by atoms with Crippen molar-refractivity contribution in [2.45, 2.75) is 11.8 Å². The second kappa shape index (κ2) is 6.41. The van der Waals surface area contributed by atoms with Gasteiger partial charge in [-0.1, -0.05) is 34.1 Å². The number of hydrogen-bond donors (Lipinski definition) is 1. The van der Waals surface area contributed by atoms with Gasteiger partial charge in [0.05, 0.1) is 4.90 Å². The number of anilines is 1. The Morgan fingerprint density at radius 3 is 2.43 bits per heavy atom. The Bertz CT molecular complexity index is 758. The highest BCUT2D eigenvalue weighted by molar-refractivity contribution is 9.10. The second-order valence-electron chi connectivity index (χ2n) is 4.58. The summed E-state index contributed by atoms with van der Waals surface area (Å²) < 4.78 is 25.1. The molecule has 0 atom stereocenters. The first-order chi connectivity index (χ1) is 9.88. The van der Waals surface area contributed by atoms with Gasteiger partial charge in [0.2, 0.25) is 5.91 Å². The highest BCUT2D eigenvalue weighted by Crippen LogP contribution is 2.20. The van der Waals surface area contributed by atoms with Gasteiger partial charge in [-0.3, -0.25) is 4.79 Å². The molecule has 4 nitrogen and oxygen atoms in total. The van der Waals surface area contributed by atoms with Crippen molar-refractivity contribution in [2.24, 2.45) is 0 Å².